The number of hydrogen-bond acceptors (Lipinski definition) is 5. The summed E-state index contributed by atoms with van der Waals surface area (Å²) in [4.78, 5) is 27.6. The van der Waals surface area contributed by atoms with Crippen molar-refractivity contribution in [3.8, 4) is 5.69 Å². The molecule has 3 aromatic rings. The van der Waals surface area contributed by atoms with Gasteiger partial charge in [0.15, 0.2) is 5.11 Å². The van der Waals surface area contributed by atoms with Crippen molar-refractivity contribution in [1.82, 2.24) is 9.88 Å². The molecule has 1 fully saturated rings. The van der Waals surface area contributed by atoms with Gasteiger partial charge in [0.25, 0.3) is 11.8 Å². The second kappa shape index (κ2) is 9.21. The summed E-state index contributed by atoms with van der Waals surface area (Å²) in [5.74, 6) is -1.06. The number of carbonyl (C=O) groups excluding carboxylic acids is 2. The van der Waals surface area contributed by atoms with Gasteiger partial charge in [-0.15, -0.1) is 0 Å². The summed E-state index contributed by atoms with van der Waals surface area (Å²) in [5.41, 5.74) is 4.53. The van der Waals surface area contributed by atoms with Crippen LogP contribution in [0.2, 0.25) is 0 Å². The summed E-state index contributed by atoms with van der Waals surface area (Å²) >= 11 is 5.33. The van der Waals surface area contributed by atoms with Crippen molar-refractivity contribution in [3.63, 3.8) is 0 Å². The number of nitrogens with two attached hydrogens (primary N) is 1. The number of primary sulfonamides is 1. The van der Waals surface area contributed by atoms with Gasteiger partial charge >= 0.3 is 0 Å². The predicted octanol–water partition coefficient (Wildman–Crippen LogP) is 3.14. The molecule has 3 N–H and O–H groups in total. The number of nitrogens with one attached hydrogen (secondary N) is 1. The highest BCUT2D eigenvalue weighted by Gasteiger charge is 2.35. The number of rotatable bonds is 5. The van der Waals surface area contributed by atoms with Gasteiger partial charge in [0.2, 0.25) is 10.0 Å². The molecule has 0 atom stereocenters. The highest BCUT2D eigenvalue weighted by atomic mass is 32.2. The topological polar surface area (TPSA) is 114 Å². The van der Waals surface area contributed by atoms with Gasteiger partial charge in [0.05, 0.1) is 10.6 Å². The lowest BCUT2D eigenvalue weighted by molar-refractivity contribution is -0.122. The molecule has 0 saturated carbocycles. The average molecular weight is 509 g/mol. The quantitative estimate of drug-likeness (QED) is 0.312. The molecule has 1 aliphatic heterocycles. The Morgan fingerprint density at radius 3 is 2.34 bits per heavy atom. The fourth-order valence-electron chi connectivity index (χ4n) is 4.18. The monoisotopic (exact) mass is 508 g/mol. The van der Waals surface area contributed by atoms with Gasteiger partial charge in [-0.3, -0.25) is 19.8 Å². The van der Waals surface area contributed by atoms with Crippen LogP contribution in [0, 0.1) is 13.8 Å². The molecule has 2 heterocycles. The summed E-state index contributed by atoms with van der Waals surface area (Å²) < 4.78 is 25.1. The Morgan fingerprint density at radius 1 is 1.06 bits per heavy atom. The molecule has 2 amide bonds. The van der Waals surface area contributed by atoms with E-state index in [0.29, 0.717) is 17.7 Å². The van der Waals surface area contributed by atoms with E-state index >= 15 is 0 Å². The maximum atomic E-state index is 13.5. The first-order valence-corrected chi connectivity index (χ1v) is 12.8. The van der Waals surface area contributed by atoms with Crippen LogP contribution in [0.15, 0.2) is 65.1 Å². The van der Waals surface area contributed by atoms with Crippen LogP contribution < -0.4 is 15.4 Å². The summed E-state index contributed by atoms with van der Waals surface area (Å²) in [6.07, 6.45) is 2.25. The fourth-order valence-corrected chi connectivity index (χ4v) is 4.97. The van der Waals surface area contributed by atoms with Crippen LogP contribution in [0.4, 0.5) is 5.69 Å². The molecule has 10 heteroatoms. The van der Waals surface area contributed by atoms with E-state index in [1.54, 1.807) is 24.3 Å². The van der Waals surface area contributed by atoms with Gasteiger partial charge in [0, 0.05) is 17.1 Å². The number of sulfonamides is 1. The van der Waals surface area contributed by atoms with E-state index in [-0.39, 0.29) is 15.6 Å². The fraction of sp³-hybridized carbons (Fsp3) is 0.160. The Labute approximate surface area is 209 Å². The lowest BCUT2D eigenvalue weighted by Crippen LogP contribution is -2.54. The number of aromatic nitrogens is 1. The van der Waals surface area contributed by atoms with Crippen molar-refractivity contribution >= 4 is 50.9 Å². The maximum absolute atomic E-state index is 13.5. The van der Waals surface area contributed by atoms with Crippen molar-refractivity contribution < 1.29 is 18.0 Å². The van der Waals surface area contributed by atoms with E-state index in [1.807, 2.05) is 49.6 Å². The van der Waals surface area contributed by atoms with Gasteiger partial charge in [-0.2, -0.15) is 0 Å². The van der Waals surface area contributed by atoms with Gasteiger partial charge in [-0.25, -0.2) is 13.6 Å². The van der Waals surface area contributed by atoms with Crippen LogP contribution in [-0.4, -0.2) is 29.9 Å². The second-order valence-electron chi connectivity index (χ2n) is 8.14. The molecule has 0 radical (unpaired) electrons. The molecular weight excluding hydrogens is 484 g/mol. The van der Waals surface area contributed by atoms with Crippen LogP contribution in [0.25, 0.3) is 11.8 Å². The number of thiocarbonyl (C=S) groups is 1. The lowest BCUT2D eigenvalue weighted by Gasteiger charge is -2.30. The normalized spacial score (nSPS) is 15.6. The number of para-hydroxylation sites is 1. The summed E-state index contributed by atoms with van der Waals surface area (Å²) in [6.45, 7) is 5.72. The van der Waals surface area contributed by atoms with Crippen molar-refractivity contribution in [2.45, 2.75) is 32.1 Å². The largest absolute Gasteiger partial charge is 0.318 e. The Kier molecular flexibility index (Phi) is 6.46. The summed E-state index contributed by atoms with van der Waals surface area (Å²) in [6, 6.07) is 15.4. The number of carbonyl (C=O) groups is 2. The van der Waals surface area contributed by atoms with Crippen LogP contribution in [0.1, 0.15) is 29.4 Å². The molecule has 35 heavy (non-hydrogen) atoms. The first-order chi connectivity index (χ1) is 16.5. The van der Waals surface area contributed by atoms with Crippen LogP contribution in [0.3, 0.4) is 0 Å². The molecule has 1 aromatic heterocycles. The van der Waals surface area contributed by atoms with E-state index < -0.39 is 21.8 Å². The molecular formula is C25H24N4O4S2. The third kappa shape index (κ3) is 4.55. The molecule has 1 aliphatic rings. The highest BCUT2D eigenvalue weighted by molar-refractivity contribution is 7.89. The van der Waals surface area contributed by atoms with Crippen LogP contribution in [-0.2, 0) is 26.0 Å². The first-order valence-electron chi connectivity index (χ1n) is 10.8. The molecule has 8 nitrogen and oxygen atoms in total. The Balaban J connectivity index is 1.76. The predicted molar refractivity (Wildman–Crippen MR) is 139 cm³/mol. The number of benzene rings is 2. The van der Waals surface area contributed by atoms with Gasteiger partial charge in [0.1, 0.15) is 5.57 Å². The maximum Gasteiger partial charge on any atom is 0.270 e. The molecule has 1 saturated heterocycles. The minimum Gasteiger partial charge on any atom is -0.318 e. The smallest absolute Gasteiger partial charge is 0.270 e. The van der Waals surface area contributed by atoms with Crippen molar-refractivity contribution in [2.24, 2.45) is 5.14 Å². The molecule has 0 spiro atoms. The second-order valence-corrected chi connectivity index (χ2v) is 10.1. The third-order valence-electron chi connectivity index (χ3n) is 5.91. The minimum absolute atomic E-state index is 0.0129. The van der Waals surface area contributed by atoms with Gasteiger partial charge < -0.3 is 4.57 Å². The van der Waals surface area contributed by atoms with Crippen molar-refractivity contribution in [3.05, 3.63) is 82.7 Å². The highest BCUT2D eigenvalue weighted by Crippen LogP contribution is 2.28. The molecule has 4 rings (SSSR count). The molecule has 2 aromatic carbocycles. The standard InChI is InChI=1S/C25H24N4O4S2/c1-4-17-7-5-6-8-22(17)29-24(31)21(23(30)27-25(29)34)14-18-13-15(2)28(16(18)3)19-9-11-20(12-10-19)35(26,32)33/h5-14H,4H2,1-3H3,(H2,26,32,33)(H,27,30,34)/b21-14+. The van der Waals surface area contributed by atoms with E-state index in [2.05, 4.69) is 5.32 Å². The Bertz CT molecular complexity index is 1500. The minimum atomic E-state index is -3.80. The SMILES string of the molecule is CCc1ccccc1N1C(=O)/C(=C/c2cc(C)n(-c3ccc(S(N)(=O)=O)cc3)c2C)C(=O)NC1=S. The Morgan fingerprint density at radius 2 is 1.71 bits per heavy atom. The van der Waals surface area contributed by atoms with Crippen LogP contribution in [0.5, 0.6) is 0 Å². The number of aryl methyl sites for hydroxylation is 2. The zero-order chi connectivity index (χ0) is 25.5. The van der Waals surface area contributed by atoms with Gasteiger partial charge in [-0.05, 0) is 86.1 Å². The average Bonchev–Trinajstić information content (AvgIpc) is 3.09. The van der Waals surface area contributed by atoms with E-state index in [1.165, 1.54) is 17.0 Å². The summed E-state index contributed by atoms with van der Waals surface area (Å²) in [5, 5.41) is 7.86. The van der Waals surface area contributed by atoms with E-state index in [9.17, 15) is 18.0 Å². The molecule has 180 valence electrons. The third-order valence-corrected chi connectivity index (χ3v) is 7.12. The first kappa shape index (κ1) is 24.5. The van der Waals surface area contributed by atoms with E-state index in [4.69, 9.17) is 17.4 Å². The molecule has 0 bridgehead atoms. The summed E-state index contributed by atoms with van der Waals surface area (Å²) in [7, 11) is -3.80. The van der Waals surface area contributed by atoms with Gasteiger partial charge in [-0.1, -0.05) is 25.1 Å². The van der Waals surface area contributed by atoms with E-state index in [0.717, 1.165) is 22.6 Å². The number of amides is 2. The van der Waals surface area contributed by atoms with Crippen LogP contribution >= 0.6 is 12.2 Å². The molecule has 0 aliphatic carbocycles. The van der Waals surface area contributed by atoms with Crippen molar-refractivity contribution in [2.75, 3.05) is 4.90 Å². The number of anilines is 1. The zero-order valence-electron chi connectivity index (χ0n) is 19.4. The van der Waals surface area contributed by atoms with Crippen molar-refractivity contribution in [1.29, 1.82) is 0 Å². The zero-order valence-corrected chi connectivity index (χ0v) is 21.0. The number of hydrogen-bond donors (Lipinski definition) is 2. The lowest BCUT2D eigenvalue weighted by atomic mass is 10.0. The Hall–Kier alpha value is -3.60. The molecule has 0 unspecified atom stereocenters. The number of nitrogens with zero attached hydrogens (tertiary/aromatic N) is 2.